The van der Waals surface area contributed by atoms with Crippen LogP contribution in [-0.4, -0.2) is 75.2 Å². The first-order chi connectivity index (χ1) is 9.57. The van der Waals surface area contributed by atoms with Gasteiger partial charge in [-0.2, -0.15) is 23.5 Å². The van der Waals surface area contributed by atoms with E-state index in [0.717, 1.165) is 23.7 Å². The van der Waals surface area contributed by atoms with E-state index in [1.54, 1.807) is 23.5 Å². The second-order valence-corrected chi connectivity index (χ2v) is 6.92. The molecule has 20 heavy (non-hydrogen) atoms. The van der Waals surface area contributed by atoms with Crippen molar-refractivity contribution in [2.45, 2.75) is 24.9 Å². The lowest BCUT2D eigenvalue weighted by molar-refractivity contribution is -0.148. The number of hydrogen-bond acceptors (Lipinski definition) is 6. The number of carbonyl (C=O) groups excluding carboxylic acids is 1. The van der Waals surface area contributed by atoms with Crippen LogP contribution in [0.1, 0.15) is 12.8 Å². The van der Waals surface area contributed by atoms with Gasteiger partial charge in [0.2, 0.25) is 5.91 Å². The summed E-state index contributed by atoms with van der Waals surface area (Å²) in [6, 6.07) is -1.35. The normalized spacial score (nSPS) is 20.1. The first kappa shape index (κ1) is 17.6. The number of likely N-dealkylation sites (tertiary alicyclic amines) is 1. The van der Waals surface area contributed by atoms with E-state index in [0.29, 0.717) is 18.7 Å². The Labute approximate surface area is 127 Å². The lowest BCUT2D eigenvalue weighted by Gasteiger charge is -2.24. The molecule has 0 radical (unpaired) electrons. The Morgan fingerprint density at radius 3 is 2.65 bits per heavy atom. The van der Waals surface area contributed by atoms with Gasteiger partial charge in [-0.05, 0) is 12.8 Å². The van der Waals surface area contributed by atoms with E-state index in [1.165, 1.54) is 4.90 Å². The number of amides is 1. The summed E-state index contributed by atoms with van der Waals surface area (Å²) < 4.78 is 0. The van der Waals surface area contributed by atoms with Gasteiger partial charge in [-0.3, -0.25) is 4.79 Å². The Morgan fingerprint density at radius 1 is 1.30 bits per heavy atom. The molecule has 1 aliphatic rings. The van der Waals surface area contributed by atoms with Crippen LogP contribution in [0.2, 0.25) is 0 Å². The molecule has 0 bridgehead atoms. The summed E-state index contributed by atoms with van der Waals surface area (Å²) in [5, 5.41) is 17.7. The maximum Gasteiger partial charge on any atom is 0.326 e. The monoisotopic (exact) mass is 322 g/mol. The molecule has 6 nitrogen and oxygen atoms in total. The van der Waals surface area contributed by atoms with Crippen LogP contribution in [0.4, 0.5) is 0 Å². The molecule has 0 aromatic heterocycles. The predicted octanol–water partition coefficient (Wildman–Crippen LogP) is -0.152. The van der Waals surface area contributed by atoms with Crippen LogP contribution in [0.3, 0.4) is 0 Å². The fourth-order valence-corrected chi connectivity index (χ4v) is 3.91. The number of hydrogen-bond donors (Lipinski definition) is 3. The lowest BCUT2D eigenvalue weighted by atomic mass is 10.2. The molecule has 8 heteroatoms. The molecule has 1 saturated heterocycles. The summed E-state index contributed by atoms with van der Waals surface area (Å²) in [7, 11) is 0. The number of aliphatic carboxylic acids is 1. The van der Waals surface area contributed by atoms with E-state index in [9.17, 15) is 9.59 Å². The number of rotatable bonds is 9. The van der Waals surface area contributed by atoms with Crippen molar-refractivity contribution in [2.24, 2.45) is 5.73 Å². The molecule has 1 aliphatic heterocycles. The Kier molecular flexibility index (Phi) is 8.35. The molecule has 4 N–H and O–H groups in total. The summed E-state index contributed by atoms with van der Waals surface area (Å²) in [6.45, 7) is 0.666. The molecule has 0 aliphatic carbocycles. The standard InChI is InChI=1S/C12H22N2O4S2/c13-9(8-20-7-6-19-5-4-15)11(16)14-3-1-2-10(14)12(17)18/h9-10,15H,1-8,13H2,(H,17,18)/t9-,10-/m0/s1. The van der Waals surface area contributed by atoms with Gasteiger partial charge in [-0.1, -0.05) is 0 Å². The van der Waals surface area contributed by atoms with E-state index >= 15 is 0 Å². The van der Waals surface area contributed by atoms with E-state index in [4.69, 9.17) is 15.9 Å². The predicted molar refractivity (Wildman–Crippen MR) is 82.1 cm³/mol. The molecular weight excluding hydrogens is 300 g/mol. The lowest BCUT2D eigenvalue weighted by Crippen LogP contribution is -2.49. The number of nitrogens with zero attached hydrogens (tertiary/aromatic N) is 1. The van der Waals surface area contributed by atoms with Gasteiger partial charge in [-0.15, -0.1) is 0 Å². The molecule has 2 atom stereocenters. The van der Waals surface area contributed by atoms with Crippen molar-refractivity contribution in [2.75, 3.05) is 36.2 Å². The van der Waals surface area contributed by atoms with Crippen molar-refractivity contribution in [1.82, 2.24) is 4.90 Å². The van der Waals surface area contributed by atoms with Gasteiger partial charge >= 0.3 is 5.97 Å². The van der Waals surface area contributed by atoms with Crippen molar-refractivity contribution >= 4 is 35.4 Å². The fraction of sp³-hybridized carbons (Fsp3) is 0.833. The molecule has 1 rings (SSSR count). The first-order valence-electron chi connectivity index (χ1n) is 6.63. The maximum atomic E-state index is 12.1. The summed E-state index contributed by atoms with van der Waals surface area (Å²) in [4.78, 5) is 24.5. The third kappa shape index (κ3) is 5.51. The van der Waals surface area contributed by atoms with Gasteiger partial charge in [0.05, 0.1) is 12.6 Å². The first-order valence-corrected chi connectivity index (χ1v) is 8.94. The molecule has 116 valence electrons. The van der Waals surface area contributed by atoms with Crippen molar-refractivity contribution < 1.29 is 19.8 Å². The average molecular weight is 322 g/mol. The van der Waals surface area contributed by atoms with E-state index in [-0.39, 0.29) is 12.5 Å². The third-order valence-electron chi connectivity index (χ3n) is 3.04. The molecule has 0 saturated carbocycles. The maximum absolute atomic E-state index is 12.1. The zero-order chi connectivity index (χ0) is 15.0. The van der Waals surface area contributed by atoms with Crippen LogP contribution in [0.15, 0.2) is 0 Å². The average Bonchev–Trinajstić information content (AvgIpc) is 2.91. The molecule has 1 fully saturated rings. The number of thioether (sulfide) groups is 2. The molecule has 1 heterocycles. The van der Waals surface area contributed by atoms with Gasteiger partial charge in [-0.25, -0.2) is 4.79 Å². The van der Waals surface area contributed by atoms with Crippen LogP contribution in [0, 0.1) is 0 Å². The minimum absolute atomic E-state index is 0.179. The SMILES string of the molecule is N[C@@H](CSCCSCCO)C(=O)N1CCC[C@H]1C(=O)O. The molecule has 0 aromatic rings. The Morgan fingerprint density at radius 2 is 2.00 bits per heavy atom. The molecule has 1 amide bonds. The van der Waals surface area contributed by atoms with Crippen LogP contribution >= 0.6 is 23.5 Å². The summed E-state index contributed by atoms with van der Waals surface area (Å²) in [5.41, 5.74) is 5.85. The van der Waals surface area contributed by atoms with E-state index in [2.05, 4.69) is 0 Å². The number of carbonyl (C=O) groups is 2. The smallest absolute Gasteiger partial charge is 0.326 e. The van der Waals surface area contributed by atoms with Crippen LogP contribution in [0.5, 0.6) is 0 Å². The third-order valence-corrected chi connectivity index (χ3v) is 5.35. The van der Waals surface area contributed by atoms with Crippen molar-refractivity contribution in [3.05, 3.63) is 0 Å². The highest BCUT2D eigenvalue weighted by Gasteiger charge is 2.35. The van der Waals surface area contributed by atoms with Gasteiger partial charge in [0.1, 0.15) is 6.04 Å². The number of aliphatic hydroxyl groups excluding tert-OH is 1. The molecule has 0 aromatic carbocycles. The van der Waals surface area contributed by atoms with Gasteiger partial charge in [0, 0.05) is 29.6 Å². The van der Waals surface area contributed by atoms with Gasteiger partial charge in [0.25, 0.3) is 0 Å². The second-order valence-electron chi connectivity index (χ2n) is 4.55. The Bertz CT molecular complexity index is 331. The molecule has 0 spiro atoms. The highest BCUT2D eigenvalue weighted by Crippen LogP contribution is 2.19. The number of carboxylic acids is 1. The number of aliphatic hydroxyl groups is 1. The quantitative estimate of drug-likeness (QED) is 0.507. The second kappa shape index (κ2) is 9.49. The van der Waals surface area contributed by atoms with Crippen LogP contribution in [-0.2, 0) is 9.59 Å². The minimum Gasteiger partial charge on any atom is -0.480 e. The number of carboxylic acid groups (broad SMARTS) is 1. The Balaban J connectivity index is 2.26. The van der Waals surface area contributed by atoms with Crippen LogP contribution in [0.25, 0.3) is 0 Å². The van der Waals surface area contributed by atoms with E-state index < -0.39 is 18.1 Å². The Hall–Kier alpha value is -0.440. The summed E-state index contributed by atoms with van der Waals surface area (Å²) in [5.74, 6) is 1.80. The van der Waals surface area contributed by atoms with Crippen molar-refractivity contribution in [3.8, 4) is 0 Å². The van der Waals surface area contributed by atoms with Crippen molar-refractivity contribution in [3.63, 3.8) is 0 Å². The molecule has 0 unspecified atom stereocenters. The van der Waals surface area contributed by atoms with Crippen LogP contribution < -0.4 is 5.73 Å². The zero-order valence-electron chi connectivity index (χ0n) is 11.4. The largest absolute Gasteiger partial charge is 0.480 e. The fourth-order valence-electron chi connectivity index (χ4n) is 2.07. The molecular formula is C12H22N2O4S2. The highest BCUT2D eigenvalue weighted by atomic mass is 32.2. The topological polar surface area (TPSA) is 104 Å². The summed E-state index contributed by atoms with van der Waals surface area (Å²) >= 11 is 3.24. The van der Waals surface area contributed by atoms with Crippen molar-refractivity contribution in [1.29, 1.82) is 0 Å². The van der Waals surface area contributed by atoms with Gasteiger partial charge < -0.3 is 20.8 Å². The highest BCUT2D eigenvalue weighted by molar-refractivity contribution is 8.02. The van der Waals surface area contributed by atoms with Gasteiger partial charge in [0.15, 0.2) is 0 Å². The number of nitrogens with two attached hydrogens (primary N) is 1. The minimum atomic E-state index is -0.948. The summed E-state index contributed by atoms with van der Waals surface area (Å²) in [6.07, 6.45) is 1.24. The van der Waals surface area contributed by atoms with E-state index in [1.807, 2.05) is 0 Å². The zero-order valence-corrected chi connectivity index (χ0v) is 13.0.